The first-order valence-electron chi connectivity index (χ1n) is 8.54. The third-order valence-corrected chi connectivity index (χ3v) is 4.98. The zero-order valence-corrected chi connectivity index (χ0v) is 15.9. The Morgan fingerprint density at radius 1 is 0.429 bits per heavy atom. The van der Waals surface area contributed by atoms with Crippen LogP contribution in [-0.4, -0.2) is 28.4 Å². The van der Waals surface area contributed by atoms with Gasteiger partial charge >= 0.3 is 0 Å². The minimum absolute atomic E-state index is 0.501. The molecule has 0 fully saturated rings. The van der Waals surface area contributed by atoms with Crippen LogP contribution < -0.4 is 18.9 Å². The second kappa shape index (κ2) is 6.71. The normalized spacial score (nSPS) is 11.2. The predicted molar refractivity (Wildman–Crippen MR) is 105 cm³/mol. The van der Waals surface area contributed by atoms with Gasteiger partial charge in [-0.2, -0.15) is 0 Å². The standard InChI is InChI=1S/C22H18F2O4/c1-25-19-7-13-11-5-17(23)18(24)6-12(11)14-8-20(26-2)22(28-4)10-16(14)15(13)9-21(19)27-3/h5-10H,1-4H3. The average Bonchev–Trinajstić information content (AvgIpc) is 2.73. The molecule has 0 amide bonds. The van der Waals surface area contributed by atoms with Gasteiger partial charge in [0.2, 0.25) is 0 Å². The third-order valence-electron chi connectivity index (χ3n) is 4.98. The zero-order chi connectivity index (χ0) is 20.0. The summed E-state index contributed by atoms with van der Waals surface area (Å²) < 4.78 is 49.9. The van der Waals surface area contributed by atoms with Gasteiger partial charge in [0.1, 0.15) is 0 Å². The Hall–Kier alpha value is -3.28. The number of methoxy groups -OCH3 is 4. The Balaban J connectivity index is 2.31. The number of hydrogen-bond donors (Lipinski definition) is 0. The van der Waals surface area contributed by atoms with Gasteiger partial charge in [0, 0.05) is 0 Å². The van der Waals surface area contributed by atoms with Crippen LogP contribution in [0.25, 0.3) is 32.3 Å². The molecule has 28 heavy (non-hydrogen) atoms. The first kappa shape index (κ1) is 18.1. The molecule has 144 valence electrons. The van der Waals surface area contributed by atoms with Crippen molar-refractivity contribution in [1.29, 1.82) is 0 Å². The maximum absolute atomic E-state index is 14.1. The Kier molecular flexibility index (Phi) is 4.34. The minimum Gasteiger partial charge on any atom is -0.493 e. The molecule has 0 aliphatic carbocycles. The number of ether oxygens (including phenoxy) is 4. The number of halogens is 2. The summed E-state index contributed by atoms with van der Waals surface area (Å²) in [6.45, 7) is 0. The van der Waals surface area contributed by atoms with Crippen molar-refractivity contribution in [3.05, 3.63) is 48.0 Å². The largest absolute Gasteiger partial charge is 0.493 e. The summed E-state index contributed by atoms with van der Waals surface area (Å²) in [5, 5.41) is 4.15. The summed E-state index contributed by atoms with van der Waals surface area (Å²) in [7, 11) is 6.15. The Bertz CT molecular complexity index is 1140. The Labute approximate surface area is 160 Å². The topological polar surface area (TPSA) is 36.9 Å². The Morgan fingerprint density at radius 3 is 0.857 bits per heavy atom. The predicted octanol–water partition coefficient (Wildman–Crippen LogP) is 5.46. The van der Waals surface area contributed by atoms with Gasteiger partial charge in [0.05, 0.1) is 28.4 Å². The van der Waals surface area contributed by atoms with Crippen molar-refractivity contribution in [2.75, 3.05) is 28.4 Å². The van der Waals surface area contributed by atoms with Crippen molar-refractivity contribution < 1.29 is 27.7 Å². The van der Waals surface area contributed by atoms with Gasteiger partial charge in [-0.15, -0.1) is 0 Å². The molecule has 0 bridgehead atoms. The fourth-order valence-corrected chi connectivity index (χ4v) is 3.64. The molecule has 0 atom stereocenters. The monoisotopic (exact) mass is 384 g/mol. The zero-order valence-electron chi connectivity index (χ0n) is 15.9. The SMILES string of the molecule is COc1cc2c3cc(F)c(F)cc3c3cc(OC)c(OC)cc3c2cc1OC. The van der Waals surface area contributed by atoms with Gasteiger partial charge in [-0.05, 0) is 68.7 Å². The maximum atomic E-state index is 14.1. The molecular weight excluding hydrogens is 366 g/mol. The summed E-state index contributed by atoms with van der Waals surface area (Å²) >= 11 is 0. The van der Waals surface area contributed by atoms with Crippen LogP contribution in [0.4, 0.5) is 8.78 Å². The van der Waals surface area contributed by atoms with E-state index in [4.69, 9.17) is 18.9 Å². The molecule has 0 N–H and O–H groups in total. The molecular formula is C22H18F2O4. The number of benzene rings is 4. The summed E-state index contributed by atoms with van der Waals surface area (Å²) in [4.78, 5) is 0. The van der Waals surface area contributed by atoms with E-state index < -0.39 is 11.6 Å². The molecule has 0 saturated carbocycles. The fourth-order valence-electron chi connectivity index (χ4n) is 3.64. The van der Waals surface area contributed by atoms with Crippen LogP contribution >= 0.6 is 0 Å². The van der Waals surface area contributed by atoms with E-state index in [1.807, 2.05) is 12.1 Å². The molecule has 4 aromatic rings. The van der Waals surface area contributed by atoms with E-state index in [-0.39, 0.29) is 0 Å². The molecule has 0 radical (unpaired) electrons. The molecule has 0 aliphatic rings. The van der Waals surface area contributed by atoms with Crippen molar-refractivity contribution in [2.24, 2.45) is 0 Å². The second-order valence-electron chi connectivity index (χ2n) is 6.32. The lowest BCUT2D eigenvalue weighted by Crippen LogP contribution is -1.95. The molecule has 4 nitrogen and oxygen atoms in total. The lowest BCUT2D eigenvalue weighted by Gasteiger charge is -2.16. The highest BCUT2D eigenvalue weighted by atomic mass is 19.2. The van der Waals surface area contributed by atoms with Crippen molar-refractivity contribution in [3.63, 3.8) is 0 Å². The van der Waals surface area contributed by atoms with E-state index in [1.165, 1.54) is 26.4 Å². The lowest BCUT2D eigenvalue weighted by atomic mass is 9.93. The van der Waals surface area contributed by atoms with Gasteiger partial charge in [-0.1, -0.05) is 0 Å². The molecule has 0 aliphatic heterocycles. The second-order valence-corrected chi connectivity index (χ2v) is 6.32. The Morgan fingerprint density at radius 2 is 0.643 bits per heavy atom. The van der Waals surface area contributed by atoms with Gasteiger partial charge in [-0.25, -0.2) is 8.78 Å². The summed E-state index contributed by atoms with van der Waals surface area (Å²) in [5.41, 5.74) is 0. The molecule has 0 saturated heterocycles. The molecule has 4 aromatic carbocycles. The van der Waals surface area contributed by atoms with Crippen molar-refractivity contribution in [2.45, 2.75) is 0 Å². The molecule has 4 rings (SSSR count). The van der Waals surface area contributed by atoms with Gasteiger partial charge in [-0.3, -0.25) is 0 Å². The van der Waals surface area contributed by atoms with Crippen LogP contribution in [0.5, 0.6) is 23.0 Å². The van der Waals surface area contributed by atoms with Crippen molar-refractivity contribution >= 4 is 32.3 Å². The smallest absolute Gasteiger partial charge is 0.161 e. The number of fused-ring (bicyclic) bond motifs is 6. The first-order chi connectivity index (χ1) is 13.5. The van der Waals surface area contributed by atoms with Gasteiger partial charge < -0.3 is 18.9 Å². The van der Waals surface area contributed by atoms with E-state index in [9.17, 15) is 8.78 Å². The van der Waals surface area contributed by atoms with Crippen molar-refractivity contribution in [3.8, 4) is 23.0 Å². The summed E-state index contributed by atoms with van der Waals surface area (Å²) in [6, 6.07) is 9.59. The number of rotatable bonds is 4. The van der Waals surface area contributed by atoms with Gasteiger partial charge in [0.25, 0.3) is 0 Å². The van der Waals surface area contributed by atoms with Crippen LogP contribution in [-0.2, 0) is 0 Å². The van der Waals surface area contributed by atoms with E-state index in [1.54, 1.807) is 26.4 Å². The van der Waals surface area contributed by atoms with E-state index in [0.717, 1.165) is 10.8 Å². The van der Waals surface area contributed by atoms with Crippen LogP contribution in [0, 0.1) is 11.6 Å². The molecule has 0 unspecified atom stereocenters. The average molecular weight is 384 g/mol. The molecule has 0 spiro atoms. The highest BCUT2D eigenvalue weighted by molar-refractivity contribution is 6.26. The van der Waals surface area contributed by atoms with Crippen LogP contribution in [0.1, 0.15) is 0 Å². The van der Waals surface area contributed by atoms with Crippen molar-refractivity contribution in [1.82, 2.24) is 0 Å². The molecule has 0 heterocycles. The fraction of sp³-hybridized carbons (Fsp3) is 0.182. The number of hydrogen-bond acceptors (Lipinski definition) is 4. The lowest BCUT2D eigenvalue weighted by molar-refractivity contribution is 0.355. The minimum atomic E-state index is -0.914. The van der Waals surface area contributed by atoms with E-state index >= 15 is 0 Å². The summed E-state index contributed by atoms with van der Waals surface area (Å²) in [6.07, 6.45) is 0. The van der Waals surface area contributed by atoms with Crippen LogP contribution in [0.2, 0.25) is 0 Å². The highest BCUT2D eigenvalue weighted by Crippen LogP contribution is 2.44. The van der Waals surface area contributed by atoms with Crippen LogP contribution in [0.15, 0.2) is 36.4 Å². The third kappa shape index (κ3) is 2.56. The highest BCUT2D eigenvalue weighted by Gasteiger charge is 2.18. The molecule has 0 aromatic heterocycles. The quantitative estimate of drug-likeness (QED) is 0.438. The van der Waals surface area contributed by atoms with Crippen LogP contribution in [0.3, 0.4) is 0 Å². The van der Waals surface area contributed by atoms with E-state index in [0.29, 0.717) is 44.5 Å². The van der Waals surface area contributed by atoms with Gasteiger partial charge in [0.15, 0.2) is 34.6 Å². The summed E-state index contributed by atoms with van der Waals surface area (Å²) in [5.74, 6) is 0.245. The van der Waals surface area contributed by atoms with E-state index in [2.05, 4.69) is 0 Å². The molecule has 6 heteroatoms. The first-order valence-corrected chi connectivity index (χ1v) is 8.54. The maximum Gasteiger partial charge on any atom is 0.161 e.